The van der Waals surface area contributed by atoms with Crippen molar-refractivity contribution in [3.8, 4) is 0 Å². The number of amidine groups is 1. The van der Waals surface area contributed by atoms with E-state index in [2.05, 4.69) is 44.7 Å². The Morgan fingerprint density at radius 1 is 1.50 bits per heavy atom. The monoisotopic (exact) mass is 304 g/mol. The normalized spacial score (nSPS) is 33.2. The van der Waals surface area contributed by atoms with E-state index in [-0.39, 0.29) is 5.41 Å². The first-order valence-electron chi connectivity index (χ1n) is 8.57. The van der Waals surface area contributed by atoms with Gasteiger partial charge in [-0.05, 0) is 44.3 Å². The molecule has 1 saturated heterocycles. The van der Waals surface area contributed by atoms with Crippen LogP contribution in [0.2, 0.25) is 0 Å². The Labute approximate surface area is 135 Å². The number of hydrogen-bond donors (Lipinski definition) is 2. The van der Waals surface area contributed by atoms with Gasteiger partial charge in [0.2, 0.25) is 0 Å². The Kier molecular flexibility index (Phi) is 5.45. The molecule has 0 amide bonds. The summed E-state index contributed by atoms with van der Waals surface area (Å²) in [5.74, 6) is 1.31. The molecule has 3 atom stereocenters. The third-order valence-electron chi connectivity index (χ3n) is 5.19. The number of likely N-dealkylation sites (tertiary alicyclic amines) is 1. The zero-order chi connectivity index (χ0) is 16.3. The molecule has 1 heterocycles. The van der Waals surface area contributed by atoms with Crippen LogP contribution in [-0.2, 0) is 0 Å². The molecule has 0 bridgehead atoms. The van der Waals surface area contributed by atoms with Crippen LogP contribution in [0.15, 0.2) is 28.3 Å². The molecule has 2 aliphatic rings. The van der Waals surface area contributed by atoms with Crippen molar-refractivity contribution in [2.75, 3.05) is 26.2 Å². The van der Waals surface area contributed by atoms with Gasteiger partial charge in [-0.25, -0.2) is 0 Å². The topological polar surface area (TPSA) is 67.6 Å². The van der Waals surface area contributed by atoms with Crippen LogP contribution in [-0.4, -0.2) is 43.0 Å². The molecule has 0 aromatic rings. The van der Waals surface area contributed by atoms with E-state index in [1.807, 2.05) is 0 Å². The summed E-state index contributed by atoms with van der Waals surface area (Å²) in [5, 5.41) is 0. The van der Waals surface area contributed by atoms with Gasteiger partial charge in [0, 0.05) is 18.5 Å². The highest BCUT2D eigenvalue weighted by molar-refractivity contribution is 5.97. The molecular formula is C18H32N4. The summed E-state index contributed by atoms with van der Waals surface area (Å²) >= 11 is 0. The molecule has 4 heteroatoms. The number of nitrogens with two attached hydrogens (primary N) is 2. The standard InChI is InChI=1S/C18H32N4/c1-5-14(9-18(4)10-15(18)7-8-19)17(20)21-16-12-22(6-2)11-13(16)3/h5,10,13,16H,6-9,11-12,19H2,1-4H3,(H2,20,21)/b14-5+. The molecule has 1 fully saturated rings. The van der Waals surface area contributed by atoms with Gasteiger partial charge in [-0.15, -0.1) is 0 Å². The summed E-state index contributed by atoms with van der Waals surface area (Å²) in [6.07, 6.45) is 6.39. The van der Waals surface area contributed by atoms with E-state index in [4.69, 9.17) is 16.5 Å². The maximum atomic E-state index is 6.33. The van der Waals surface area contributed by atoms with Crippen molar-refractivity contribution in [1.82, 2.24) is 4.90 Å². The number of likely N-dealkylation sites (N-methyl/N-ethyl adjacent to an activating group) is 1. The summed E-state index contributed by atoms with van der Waals surface area (Å²) in [5.41, 5.74) is 14.8. The summed E-state index contributed by atoms with van der Waals surface area (Å²) in [6.45, 7) is 12.8. The van der Waals surface area contributed by atoms with Gasteiger partial charge in [0.1, 0.15) is 5.84 Å². The average molecular weight is 304 g/mol. The highest BCUT2D eigenvalue weighted by atomic mass is 15.2. The molecule has 2 rings (SSSR count). The van der Waals surface area contributed by atoms with Gasteiger partial charge in [0.15, 0.2) is 0 Å². The SMILES string of the molecule is C/C=C(\CC1(C)C=C1CCN)C(N)=NC1CN(CC)CC1C. The Balaban J connectivity index is 1.98. The maximum absolute atomic E-state index is 6.33. The second-order valence-corrected chi connectivity index (χ2v) is 7.03. The minimum atomic E-state index is 0.179. The minimum absolute atomic E-state index is 0.179. The van der Waals surface area contributed by atoms with Gasteiger partial charge < -0.3 is 16.4 Å². The van der Waals surface area contributed by atoms with Gasteiger partial charge in [-0.2, -0.15) is 0 Å². The highest BCUT2D eigenvalue weighted by Crippen LogP contribution is 2.50. The zero-order valence-electron chi connectivity index (χ0n) is 14.6. The third-order valence-corrected chi connectivity index (χ3v) is 5.19. The smallest absolute Gasteiger partial charge is 0.121 e. The summed E-state index contributed by atoms with van der Waals surface area (Å²) < 4.78 is 0. The molecule has 0 radical (unpaired) electrons. The number of allylic oxidation sites excluding steroid dienone is 2. The minimum Gasteiger partial charge on any atom is -0.384 e. The Morgan fingerprint density at radius 3 is 2.77 bits per heavy atom. The van der Waals surface area contributed by atoms with Crippen molar-refractivity contribution in [1.29, 1.82) is 0 Å². The number of rotatable bonds is 7. The maximum Gasteiger partial charge on any atom is 0.121 e. The van der Waals surface area contributed by atoms with E-state index >= 15 is 0 Å². The predicted octanol–water partition coefficient (Wildman–Crippen LogP) is 2.32. The summed E-state index contributed by atoms with van der Waals surface area (Å²) in [6, 6.07) is 0.332. The lowest BCUT2D eigenvalue weighted by atomic mass is 9.91. The van der Waals surface area contributed by atoms with Crippen LogP contribution in [0, 0.1) is 11.3 Å². The fraction of sp³-hybridized carbons (Fsp3) is 0.722. The molecule has 0 aromatic heterocycles. The van der Waals surface area contributed by atoms with E-state index in [0.29, 0.717) is 12.0 Å². The van der Waals surface area contributed by atoms with Crippen molar-refractivity contribution < 1.29 is 0 Å². The second kappa shape index (κ2) is 6.97. The van der Waals surface area contributed by atoms with Gasteiger partial charge in [0.05, 0.1) is 6.04 Å². The van der Waals surface area contributed by atoms with Crippen LogP contribution in [0.3, 0.4) is 0 Å². The van der Waals surface area contributed by atoms with Crippen LogP contribution in [0.5, 0.6) is 0 Å². The summed E-state index contributed by atoms with van der Waals surface area (Å²) in [7, 11) is 0. The molecule has 3 unspecified atom stereocenters. The van der Waals surface area contributed by atoms with E-state index < -0.39 is 0 Å². The molecule has 0 spiro atoms. The Hall–Kier alpha value is -1.13. The molecule has 1 aliphatic heterocycles. The fourth-order valence-corrected chi connectivity index (χ4v) is 3.50. The predicted molar refractivity (Wildman–Crippen MR) is 94.9 cm³/mol. The number of nitrogens with zero attached hydrogens (tertiary/aromatic N) is 2. The van der Waals surface area contributed by atoms with Crippen molar-refractivity contribution in [2.24, 2.45) is 27.8 Å². The van der Waals surface area contributed by atoms with Crippen molar-refractivity contribution in [3.63, 3.8) is 0 Å². The van der Waals surface area contributed by atoms with Gasteiger partial charge >= 0.3 is 0 Å². The zero-order valence-corrected chi connectivity index (χ0v) is 14.6. The molecule has 4 nitrogen and oxygen atoms in total. The fourth-order valence-electron chi connectivity index (χ4n) is 3.50. The molecule has 0 saturated carbocycles. The first kappa shape index (κ1) is 17.2. The van der Waals surface area contributed by atoms with Gasteiger partial charge in [0.25, 0.3) is 0 Å². The average Bonchev–Trinajstić information content (AvgIpc) is 2.97. The van der Waals surface area contributed by atoms with Crippen molar-refractivity contribution in [3.05, 3.63) is 23.3 Å². The lowest BCUT2D eigenvalue weighted by molar-refractivity contribution is 0.345. The second-order valence-electron chi connectivity index (χ2n) is 7.03. The lowest BCUT2D eigenvalue weighted by Gasteiger charge is -2.17. The largest absolute Gasteiger partial charge is 0.384 e. The number of hydrogen-bond acceptors (Lipinski definition) is 3. The quantitative estimate of drug-likeness (QED) is 0.431. The van der Waals surface area contributed by atoms with Gasteiger partial charge in [-0.3, -0.25) is 4.99 Å². The van der Waals surface area contributed by atoms with Crippen LogP contribution < -0.4 is 11.5 Å². The van der Waals surface area contributed by atoms with E-state index in [1.54, 1.807) is 0 Å². The van der Waals surface area contributed by atoms with Crippen LogP contribution in [0.1, 0.15) is 40.5 Å². The number of aliphatic imine (C=N–C) groups is 1. The van der Waals surface area contributed by atoms with Crippen LogP contribution >= 0.6 is 0 Å². The van der Waals surface area contributed by atoms with E-state index in [1.165, 1.54) is 11.1 Å². The molecular weight excluding hydrogens is 272 g/mol. The molecule has 1 aliphatic carbocycles. The van der Waals surface area contributed by atoms with Crippen LogP contribution in [0.4, 0.5) is 0 Å². The van der Waals surface area contributed by atoms with Gasteiger partial charge in [-0.1, -0.05) is 38.5 Å². The van der Waals surface area contributed by atoms with E-state index in [9.17, 15) is 0 Å². The summed E-state index contributed by atoms with van der Waals surface area (Å²) in [4.78, 5) is 7.29. The Bertz CT molecular complexity index is 491. The van der Waals surface area contributed by atoms with Crippen molar-refractivity contribution in [2.45, 2.75) is 46.6 Å². The molecule has 124 valence electrons. The van der Waals surface area contributed by atoms with E-state index in [0.717, 1.165) is 44.9 Å². The Morgan fingerprint density at radius 2 is 2.23 bits per heavy atom. The van der Waals surface area contributed by atoms with Crippen LogP contribution in [0.25, 0.3) is 0 Å². The van der Waals surface area contributed by atoms with Crippen molar-refractivity contribution >= 4 is 5.84 Å². The molecule has 22 heavy (non-hydrogen) atoms. The molecule has 4 N–H and O–H groups in total. The first-order chi connectivity index (χ1) is 10.4. The third kappa shape index (κ3) is 3.79. The lowest BCUT2D eigenvalue weighted by Crippen LogP contribution is -2.25. The first-order valence-corrected chi connectivity index (χ1v) is 8.57. The highest BCUT2D eigenvalue weighted by Gasteiger charge is 2.39. The molecule has 0 aromatic carbocycles.